The van der Waals surface area contributed by atoms with Crippen LogP contribution in [0, 0.1) is 12.7 Å². The van der Waals surface area contributed by atoms with Gasteiger partial charge in [-0.3, -0.25) is 0 Å². The number of halogens is 2. The van der Waals surface area contributed by atoms with Gasteiger partial charge >= 0.3 is 0 Å². The predicted molar refractivity (Wildman–Crippen MR) is 121 cm³/mol. The zero-order valence-corrected chi connectivity index (χ0v) is 18.9. The molecule has 0 radical (unpaired) electrons. The molecule has 1 aromatic heterocycles. The molecule has 2 N–H and O–H groups in total. The highest BCUT2D eigenvalue weighted by atomic mass is 127. The zero-order chi connectivity index (χ0) is 19.1. The van der Waals surface area contributed by atoms with Crippen LogP contribution in [0.15, 0.2) is 41.5 Å². The Hall–Kier alpha value is -1.90. The Morgan fingerprint density at radius 3 is 2.67 bits per heavy atom. The van der Waals surface area contributed by atoms with Crippen molar-refractivity contribution in [2.24, 2.45) is 4.99 Å². The number of hydrogen-bond donors (Lipinski definition) is 2. The lowest BCUT2D eigenvalue weighted by Gasteiger charge is -2.19. The summed E-state index contributed by atoms with van der Waals surface area (Å²) in [7, 11) is 3.93. The van der Waals surface area contributed by atoms with E-state index in [1.54, 1.807) is 25.3 Å². The van der Waals surface area contributed by atoms with Gasteiger partial charge in [0, 0.05) is 32.4 Å². The smallest absolute Gasteiger partial charge is 0.192 e. The third-order valence-electron chi connectivity index (χ3n) is 4.09. The Bertz CT molecular complexity index is 764. The van der Waals surface area contributed by atoms with Gasteiger partial charge in [0.05, 0.1) is 12.6 Å². The van der Waals surface area contributed by atoms with Crippen molar-refractivity contribution in [3.05, 3.63) is 59.0 Å². The van der Waals surface area contributed by atoms with Gasteiger partial charge in [-0.15, -0.1) is 24.0 Å². The maximum Gasteiger partial charge on any atom is 0.192 e. The number of aromatic nitrogens is 1. The molecule has 1 unspecified atom stereocenters. The number of guanidine groups is 1. The van der Waals surface area contributed by atoms with Gasteiger partial charge in [-0.25, -0.2) is 14.4 Å². The Morgan fingerprint density at radius 1 is 1.30 bits per heavy atom. The number of aryl methyl sites for hydroxylation is 1. The standard InChI is InChI=1S/C20H28FN5.HI/c1-6-22-20(24-13-17-8-7-11-23-19(17)26(4)5)25-15(3)16-10-9-14(2)18(21)12-16;/h7-12,15H,6,13H2,1-5H3,(H2,22,24,25);1H. The molecule has 1 atom stereocenters. The van der Waals surface area contributed by atoms with Gasteiger partial charge in [-0.05, 0) is 44.0 Å². The summed E-state index contributed by atoms with van der Waals surface area (Å²) in [6.45, 7) is 7.02. The highest BCUT2D eigenvalue weighted by Crippen LogP contribution is 2.17. The van der Waals surface area contributed by atoms with Crippen molar-refractivity contribution in [2.45, 2.75) is 33.4 Å². The molecule has 27 heavy (non-hydrogen) atoms. The van der Waals surface area contributed by atoms with E-state index >= 15 is 0 Å². The number of anilines is 1. The molecule has 0 aliphatic carbocycles. The van der Waals surface area contributed by atoms with Crippen LogP contribution in [0.3, 0.4) is 0 Å². The SMILES string of the molecule is CCNC(=NCc1cccnc1N(C)C)NC(C)c1ccc(C)c(F)c1.I. The molecular formula is C20H29FIN5. The summed E-state index contributed by atoms with van der Waals surface area (Å²) in [5.74, 6) is 1.40. The second-order valence-corrected chi connectivity index (χ2v) is 6.45. The Balaban J connectivity index is 0.00000364. The molecule has 0 amide bonds. The van der Waals surface area contributed by atoms with E-state index < -0.39 is 0 Å². The van der Waals surface area contributed by atoms with Crippen LogP contribution >= 0.6 is 24.0 Å². The number of hydrogen-bond acceptors (Lipinski definition) is 3. The third kappa shape index (κ3) is 6.64. The average molecular weight is 485 g/mol. The van der Waals surface area contributed by atoms with Gasteiger partial charge in [-0.2, -0.15) is 0 Å². The second kappa shape index (κ2) is 11.1. The van der Waals surface area contributed by atoms with Crippen molar-refractivity contribution in [2.75, 3.05) is 25.5 Å². The summed E-state index contributed by atoms with van der Waals surface area (Å²) in [4.78, 5) is 11.0. The monoisotopic (exact) mass is 485 g/mol. The number of nitrogens with zero attached hydrogens (tertiary/aromatic N) is 3. The van der Waals surface area contributed by atoms with Crippen molar-refractivity contribution in [1.29, 1.82) is 0 Å². The van der Waals surface area contributed by atoms with Gasteiger partial charge < -0.3 is 15.5 Å². The van der Waals surface area contributed by atoms with Crippen LogP contribution in [0.2, 0.25) is 0 Å². The van der Waals surface area contributed by atoms with Crippen LogP contribution in [-0.2, 0) is 6.54 Å². The van der Waals surface area contributed by atoms with E-state index in [9.17, 15) is 4.39 Å². The fourth-order valence-corrected chi connectivity index (χ4v) is 2.61. The fraction of sp³-hybridized carbons (Fsp3) is 0.400. The second-order valence-electron chi connectivity index (χ2n) is 6.45. The lowest BCUT2D eigenvalue weighted by Crippen LogP contribution is -2.38. The van der Waals surface area contributed by atoms with Gasteiger partial charge in [0.2, 0.25) is 0 Å². The van der Waals surface area contributed by atoms with E-state index in [-0.39, 0.29) is 35.8 Å². The lowest BCUT2D eigenvalue weighted by atomic mass is 10.1. The van der Waals surface area contributed by atoms with Crippen LogP contribution in [0.25, 0.3) is 0 Å². The molecule has 0 bridgehead atoms. The van der Waals surface area contributed by atoms with Crippen LogP contribution < -0.4 is 15.5 Å². The minimum absolute atomic E-state index is 0. The molecule has 0 fully saturated rings. The highest BCUT2D eigenvalue weighted by Gasteiger charge is 2.10. The molecule has 1 aromatic carbocycles. The maximum atomic E-state index is 13.8. The largest absolute Gasteiger partial charge is 0.362 e. The first-order valence-corrected chi connectivity index (χ1v) is 8.84. The molecule has 0 spiro atoms. The van der Waals surface area contributed by atoms with E-state index in [2.05, 4.69) is 20.6 Å². The Morgan fingerprint density at radius 2 is 2.04 bits per heavy atom. The Kier molecular flexibility index (Phi) is 9.48. The first-order chi connectivity index (χ1) is 12.4. The number of rotatable bonds is 6. The van der Waals surface area contributed by atoms with Crippen LogP contribution in [-0.4, -0.2) is 31.6 Å². The first kappa shape index (κ1) is 23.1. The maximum absolute atomic E-state index is 13.8. The van der Waals surface area contributed by atoms with Crippen LogP contribution in [0.1, 0.15) is 36.6 Å². The molecule has 0 aliphatic heterocycles. The first-order valence-electron chi connectivity index (χ1n) is 8.84. The third-order valence-corrected chi connectivity index (χ3v) is 4.09. The molecule has 2 aromatic rings. The summed E-state index contributed by atoms with van der Waals surface area (Å²) in [5, 5.41) is 6.58. The van der Waals surface area contributed by atoms with E-state index in [1.165, 1.54) is 0 Å². The number of benzene rings is 1. The number of pyridine rings is 1. The summed E-state index contributed by atoms with van der Waals surface area (Å²) in [5.41, 5.74) is 2.58. The van der Waals surface area contributed by atoms with Gasteiger partial charge in [0.25, 0.3) is 0 Å². The molecule has 1 heterocycles. The van der Waals surface area contributed by atoms with E-state index in [4.69, 9.17) is 0 Å². The van der Waals surface area contributed by atoms with Gasteiger partial charge in [0.15, 0.2) is 5.96 Å². The minimum atomic E-state index is -0.191. The van der Waals surface area contributed by atoms with Crippen LogP contribution in [0.5, 0.6) is 0 Å². The predicted octanol–water partition coefficient (Wildman–Crippen LogP) is 4.03. The molecule has 148 valence electrons. The minimum Gasteiger partial charge on any atom is -0.362 e. The summed E-state index contributed by atoms with van der Waals surface area (Å²) < 4.78 is 13.8. The van der Waals surface area contributed by atoms with E-state index in [1.807, 2.05) is 51.0 Å². The van der Waals surface area contributed by atoms with Crippen molar-refractivity contribution >= 4 is 35.8 Å². The van der Waals surface area contributed by atoms with Gasteiger partial charge in [-0.1, -0.05) is 18.2 Å². The molecular weight excluding hydrogens is 456 g/mol. The van der Waals surface area contributed by atoms with Crippen molar-refractivity contribution < 1.29 is 4.39 Å². The van der Waals surface area contributed by atoms with Crippen LogP contribution in [0.4, 0.5) is 10.2 Å². The molecule has 0 aliphatic rings. The average Bonchev–Trinajstić information content (AvgIpc) is 2.62. The van der Waals surface area contributed by atoms with Gasteiger partial charge in [0.1, 0.15) is 11.6 Å². The van der Waals surface area contributed by atoms with Crippen molar-refractivity contribution in [3.63, 3.8) is 0 Å². The zero-order valence-electron chi connectivity index (χ0n) is 16.6. The summed E-state index contributed by atoms with van der Waals surface area (Å²) in [6.07, 6.45) is 1.78. The molecule has 2 rings (SSSR count). The lowest BCUT2D eigenvalue weighted by molar-refractivity contribution is 0.607. The topological polar surface area (TPSA) is 52.6 Å². The molecule has 0 saturated carbocycles. The summed E-state index contributed by atoms with van der Waals surface area (Å²) >= 11 is 0. The molecule has 5 nitrogen and oxygen atoms in total. The normalized spacial score (nSPS) is 12.1. The summed E-state index contributed by atoms with van der Waals surface area (Å²) in [6, 6.07) is 9.17. The quantitative estimate of drug-likeness (QED) is 0.369. The molecule has 7 heteroatoms. The van der Waals surface area contributed by atoms with Crippen molar-refractivity contribution in [3.8, 4) is 0 Å². The number of aliphatic imine (C=N–C) groups is 1. The number of nitrogens with one attached hydrogen (secondary N) is 2. The molecule has 0 saturated heterocycles. The van der Waals surface area contributed by atoms with E-state index in [0.29, 0.717) is 18.1 Å². The van der Waals surface area contributed by atoms with E-state index in [0.717, 1.165) is 23.5 Å². The Labute approximate surface area is 178 Å². The highest BCUT2D eigenvalue weighted by molar-refractivity contribution is 14.0. The fourth-order valence-electron chi connectivity index (χ4n) is 2.61. The van der Waals surface area contributed by atoms with Crippen molar-refractivity contribution in [1.82, 2.24) is 15.6 Å².